The SMILES string of the molecule is CC1(CNC2CCSC2)CCCC1. The van der Waals surface area contributed by atoms with Crippen molar-refractivity contribution < 1.29 is 0 Å². The molecule has 2 fully saturated rings. The molecule has 1 aliphatic heterocycles. The molecule has 0 radical (unpaired) electrons. The third kappa shape index (κ3) is 2.63. The second-order valence-corrected chi connectivity index (χ2v) is 6.11. The first-order chi connectivity index (χ1) is 6.29. The molecule has 2 aliphatic rings. The molecule has 13 heavy (non-hydrogen) atoms. The Morgan fingerprint density at radius 2 is 2.15 bits per heavy atom. The van der Waals surface area contributed by atoms with Gasteiger partial charge in [-0.3, -0.25) is 0 Å². The van der Waals surface area contributed by atoms with Crippen LogP contribution in [0, 0.1) is 5.41 Å². The molecule has 2 rings (SSSR count). The lowest BCUT2D eigenvalue weighted by molar-refractivity contribution is 0.302. The van der Waals surface area contributed by atoms with Crippen molar-refractivity contribution in [2.24, 2.45) is 5.41 Å². The number of nitrogens with one attached hydrogen (secondary N) is 1. The van der Waals surface area contributed by atoms with Crippen LogP contribution >= 0.6 is 11.8 Å². The zero-order valence-corrected chi connectivity index (χ0v) is 9.46. The molecule has 1 N–H and O–H groups in total. The van der Waals surface area contributed by atoms with E-state index in [1.165, 1.54) is 50.2 Å². The van der Waals surface area contributed by atoms with Crippen LogP contribution in [0.5, 0.6) is 0 Å². The maximum Gasteiger partial charge on any atom is 0.0166 e. The molecule has 2 heteroatoms. The largest absolute Gasteiger partial charge is 0.313 e. The fraction of sp³-hybridized carbons (Fsp3) is 1.00. The van der Waals surface area contributed by atoms with Gasteiger partial charge in [-0.05, 0) is 30.4 Å². The minimum absolute atomic E-state index is 0.632. The Labute approximate surface area is 86.0 Å². The van der Waals surface area contributed by atoms with Crippen LogP contribution in [0.15, 0.2) is 0 Å². The highest BCUT2D eigenvalue weighted by atomic mass is 32.2. The van der Waals surface area contributed by atoms with Gasteiger partial charge in [-0.2, -0.15) is 11.8 Å². The van der Waals surface area contributed by atoms with E-state index in [4.69, 9.17) is 0 Å². The molecule has 76 valence electrons. The molecular formula is C11H21NS. The summed E-state index contributed by atoms with van der Waals surface area (Å²) in [6.07, 6.45) is 7.19. The minimum atomic E-state index is 0.632. The lowest BCUT2D eigenvalue weighted by Gasteiger charge is -2.25. The van der Waals surface area contributed by atoms with Crippen LogP contribution in [0.2, 0.25) is 0 Å². The van der Waals surface area contributed by atoms with Gasteiger partial charge in [-0.25, -0.2) is 0 Å². The lowest BCUT2D eigenvalue weighted by atomic mass is 9.88. The first-order valence-electron chi connectivity index (χ1n) is 5.60. The van der Waals surface area contributed by atoms with Gasteiger partial charge < -0.3 is 5.32 Å². The first-order valence-corrected chi connectivity index (χ1v) is 6.75. The predicted octanol–water partition coefficient (Wildman–Crippen LogP) is 2.66. The predicted molar refractivity (Wildman–Crippen MR) is 60.3 cm³/mol. The highest BCUT2D eigenvalue weighted by Crippen LogP contribution is 2.37. The van der Waals surface area contributed by atoms with E-state index in [1.807, 2.05) is 0 Å². The second-order valence-electron chi connectivity index (χ2n) is 4.96. The van der Waals surface area contributed by atoms with Gasteiger partial charge in [0.2, 0.25) is 0 Å². The van der Waals surface area contributed by atoms with E-state index in [9.17, 15) is 0 Å². The molecule has 0 aromatic heterocycles. The van der Waals surface area contributed by atoms with Crippen molar-refractivity contribution in [3.8, 4) is 0 Å². The summed E-state index contributed by atoms with van der Waals surface area (Å²) in [5, 5.41) is 3.74. The summed E-state index contributed by atoms with van der Waals surface area (Å²) in [6.45, 7) is 3.72. The van der Waals surface area contributed by atoms with Crippen molar-refractivity contribution in [3.63, 3.8) is 0 Å². The van der Waals surface area contributed by atoms with E-state index in [0.29, 0.717) is 5.41 Å². The Morgan fingerprint density at radius 1 is 1.38 bits per heavy atom. The molecule has 0 amide bonds. The summed E-state index contributed by atoms with van der Waals surface area (Å²) in [5.41, 5.74) is 0.632. The Balaban J connectivity index is 1.71. The van der Waals surface area contributed by atoms with Crippen LogP contribution < -0.4 is 5.32 Å². The Bertz CT molecular complexity index is 157. The van der Waals surface area contributed by atoms with E-state index >= 15 is 0 Å². The van der Waals surface area contributed by atoms with Gasteiger partial charge >= 0.3 is 0 Å². The third-order valence-corrected chi connectivity index (χ3v) is 4.72. The van der Waals surface area contributed by atoms with E-state index in [0.717, 1.165) is 6.04 Å². The van der Waals surface area contributed by atoms with Gasteiger partial charge in [0.1, 0.15) is 0 Å². The zero-order chi connectivity index (χ0) is 9.15. The Kier molecular flexibility index (Phi) is 3.20. The molecule has 0 aromatic carbocycles. The van der Waals surface area contributed by atoms with Gasteiger partial charge in [0, 0.05) is 18.3 Å². The van der Waals surface area contributed by atoms with E-state index in [1.54, 1.807) is 0 Å². The average molecular weight is 199 g/mol. The molecular weight excluding hydrogens is 178 g/mol. The molecule has 1 nitrogen and oxygen atoms in total. The zero-order valence-electron chi connectivity index (χ0n) is 8.64. The summed E-state index contributed by atoms with van der Waals surface area (Å²) in [4.78, 5) is 0. The van der Waals surface area contributed by atoms with Crippen molar-refractivity contribution >= 4 is 11.8 Å². The van der Waals surface area contributed by atoms with E-state index < -0.39 is 0 Å². The van der Waals surface area contributed by atoms with Gasteiger partial charge in [0.05, 0.1) is 0 Å². The smallest absolute Gasteiger partial charge is 0.0166 e. The fourth-order valence-corrected chi connectivity index (χ4v) is 3.68. The van der Waals surface area contributed by atoms with Gasteiger partial charge in [-0.15, -0.1) is 0 Å². The highest BCUT2D eigenvalue weighted by Gasteiger charge is 2.29. The maximum absolute atomic E-state index is 3.74. The quantitative estimate of drug-likeness (QED) is 0.750. The molecule has 0 aromatic rings. The van der Waals surface area contributed by atoms with Crippen molar-refractivity contribution in [2.75, 3.05) is 18.1 Å². The van der Waals surface area contributed by atoms with Crippen LogP contribution in [0.3, 0.4) is 0 Å². The molecule has 1 unspecified atom stereocenters. The van der Waals surface area contributed by atoms with Gasteiger partial charge in [0.15, 0.2) is 0 Å². The fourth-order valence-electron chi connectivity index (χ4n) is 2.49. The normalized spacial score (nSPS) is 32.5. The Morgan fingerprint density at radius 3 is 2.77 bits per heavy atom. The van der Waals surface area contributed by atoms with Crippen molar-refractivity contribution in [1.29, 1.82) is 0 Å². The maximum atomic E-state index is 3.74. The standard InChI is InChI=1S/C11H21NS/c1-11(5-2-3-6-11)9-12-10-4-7-13-8-10/h10,12H,2-9H2,1H3. The third-order valence-electron chi connectivity index (χ3n) is 3.56. The van der Waals surface area contributed by atoms with Crippen LogP contribution in [0.25, 0.3) is 0 Å². The summed E-state index contributed by atoms with van der Waals surface area (Å²) >= 11 is 2.10. The van der Waals surface area contributed by atoms with Crippen LogP contribution in [0.4, 0.5) is 0 Å². The summed E-state index contributed by atoms with van der Waals surface area (Å²) < 4.78 is 0. The first kappa shape index (κ1) is 9.85. The van der Waals surface area contributed by atoms with E-state index in [-0.39, 0.29) is 0 Å². The molecule has 1 atom stereocenters. The van der Waals surface area contributed by atoms with Crippen LogP contribution in [0.1, 0.15) is 39.0 Å². The molecule has 1 heterocycles. The summed E-state index contributed by atoms with van der Waals surface area (Å²) in [6, 6.07) is 0.822. The van der Waals surface area contributed by atoms with Crippen molar-refractivity contribution in [1.82, 2.24) is 5.32 Å². The molecule has 1 saturated heterocycles. The topological polar surface area (TPSA) is 12.0 Å². The average Bonchev–Trinajstić information content (AvgIpc) is 2.72. The van der Waals surface area contributed by atoms with Gasteiger partial charge in [0.25, 0.3) is 0 Å². The Hall–Kier alpha value is 0.310. The molecule has 1 saturated carbocycles. The van der Waals surface area contributed by atoms with Crippen LogP contribution in [-0.4, -0.2) is 24.1 Å². The lowest BCUT2D eigenvalue weighted by Crippen LogP contribution is -2.37. The molecule has 0 spiro atoms. The summed E-state index contributed by atoms with van der Waals surface area (Å²) in [7, 11) is 0. The second kappa shape index (κ2) is 4.22. The summed E-state index contributed by atoms with van der Waals surface area (Å²) in [5.74, 6) is 2.71. The monoisotopic (exact) mass is 199 g/mol. The van der Waals surface area contributed by atoms with Crippen LogP contribution in [-0.2, 0) is 0 Å². The van der Waals surface area contributed by atoms with Gasteiger partial charge in [-0.1, -0.05) is 19.8 Å². The number of thioether (sulfide) groups is 1. The number of hydrogen-bond acceptors (Lipinski definition) is 2. The van der Waals surface area contributed by atoms with Crippen molar-refractivity contribution in [3.05, 3.63) is 0 Å². The molecule has 0 bridgehead atoms. The molecule has 1 aliphatic carbocycles. The minimum Gasteiger partial charge on any atom is -0.313 e. The number of hydrogen-bond donors (Lipinski definition) is 1. The highest BCUT2D eigenvalue weighted by molar-refractivity contribution is 7.99. The van der Waals surface area contributed by atoms with E-state index in [2.05, 4.69) is 24.0 Å². The van der Waals surface area contributed by atoms with Crippen molar-refractivity contribution in [2.45, 2.75) is 45.1 Å². The number of rotatable bonds is 3.